The number of furan rings is 1. The van der Waals surface area contributed by atoms with Gasteiger partial charge >= 0.3 is 0 Å². The molecular formula is C21H30N4O. The van der Waals surface area contributed by atoms with E-state index in [1.54, 1.807) is 6.26 Å². The Bertz CT molecular complexity index is 703. The summed E-state index contributed by atoms with van der Waals surface area (Å²) in [4.78, 5) is 4.41. The maximum absolute atomic E-state index is 8.81. The van der Waals surface area contributed by atoms with Crippen LogP contribution < -0.4 is 10.2 Å². The number of hydrogen-bond donors (Lipinski definition) is 1. The molecule has 0 unspecified atom stereocenters. The first-order chi connectivity index (χ1) is 12.6. The number of nitriles is 1. The van der Waals surface area contributed by atoms with Gasteiger partial charge in [-0.1, -0.05) is 6.07 Å². The summed E-state index contributed by atoms with van der Waals surface area (Å²) in [6.07, 6.45) is 2.27. The quantitative estimate of drug-likeness (QED) is 0.705. The Morgan fingerprint density at radius 3 is 2.65 bits per heavy atom. The lowest BCUT2D eigenvalue weighted by atomic mass is 10.1. The fourth-order valence-corrected chi connectivity index (χ4v) is 3.09. The fourth-order valence-electron chi connectivity index (χ4n) is 3.09. The van der Waals surface area contributed by atoms with Gasteiger partial charge in [0, 0.05) is 31.9 Å². The van der Waals surface area contributed by atoms with Crippen molar-refractivity contribution in [3.05, 3.63) is 53.5 Å². The summed E-state index contributed by atoms with van der Waals surface area (Å²) in [5.74, 6) is 0.977. The second-order valence-electron chi connectivity index (χ2n) is 6.72. The largest absolute Gasteiger partial charge is 0.468 e. The third kappa shape index (κ3) is 5.35. The highest BCUT2D eigenvalue weighted by Crippen LogP contribution is 2.21. The van der Waals surface area contributed by atoms with Gasteiger partial charge in [0.2, 0.25) is 0 Å². The first kappa shape index (κ1) is 20.0. The van der Waals surface area contributed by atoms with Crippen molar-refractivity contribution < 1.29 is 4.42 Å². The molecule has 1 heterocycles. The van der Waals surface area contributed by atoms with Crippen molar-refractivity contribution in [1.82, 2.24) is 10.2 Å². The van der Waals surface area contributed by atoms with Crippen molar-refractivity contribution >= 4 is 5.69 Å². The summed E-state index contributed by atoms with van der Waals surface area (Å²) in [6, 6.07) is 12.9. The van der Waals surface area contributed by atoms with Crippen LogP contribution in [0.4, 0.5) is 5.69 Å². The van der Waals surface area contributed by atoms with Crippen LogP contribution in [0, 0.1) is 18.3 Å². The van der Waals surface area contributed by atoms with Crippen LogP contribution >= 0.6 is 0 Å². The maximum Gasteiger partial charge on any atom is 0.122 e. The molecule has 5 heteroatoms. The second kappa shape index (κ2) is 10.0. The molecule has 2 rings (SSSR count). The highest BCUT2D eigenvalue weighted by molar-refractivity contribution is 5.50. The van der Waals surface area contributed by atoms with Crippen LogP contribution in [0.2, 0.25) is 0 Å². The van der Waals surface area contributed by atoms with E-state index in [1.165, 1.54) is 16.8 Å². The molecule has 1 N–H and O–H groups in total. The first-order valence-corrected chi connectivity index (χ1v) is 9.18. The molecule has 1 aromatic carbocycles. The van der Waals surface area contributed by atoms with E-state index in [4.69, 9.17) is 9.68 Å². The number of aryl methyl sites for hydroxylation is 1. The molecule has 0 aliphatic rings. The Hall–Kier alpha value is -2.29. The predicted octanol–water partition coefficient (Wildman–Crippen LogP) is 3.72. The summed E-state index contributed by atoms with van der Waals surface area (Å²) in [6.45, 7) is 7.60. The Balaban J connectivity index is 1.96. The minimum Gasteiger partial charge on any atom is -0.468 e. The lowest BCUT2D eigenvalue weighted by Crippen LogP contribution is -2.30. The van der Waals surface area contributed by atoms with E-state index < -0.39 is 0 Å². The molecule has 5 nitrogen and oxygen atoms in total. The Kier molecular flexibility index (Phi) is 7.71. The number of benzene rings is 1. The van der Waals surface area contributed by atoms with E-state index in [9.17, 15) is 0 Å². The van der Waals surface area contributed by atoms with E-state index in [1.807, 2.05) is 12.1 Å². The predicted molar refractivity (Wildman–Crippen MR) is 106 cm³/mol. The molecule has 0 bridgehead atoms. The topological polar surface area (TPSA) is 55.4 Å². The highest BCUT2D eigenvalue weighted by atomic mass is 16.3. The summed E-state index contributed by atoms with van der Waals surface area (Å²) in [5, 5.41) is 12.4. The standard InChI is InChI=1S/C21H30N4O/c1-5-25(12-7-11-22)19-10-9-18(17(2)14-19)15-23-16-20(24(3)4)21-8-6-13-26-21/h6,8-10,13-14,20,23H,5,7,12,15-16H2,1-4H3/t20-/m0/s1. The summed E-state index contributed by atoms with van der Waals surface area (Å²) >= 11 is 0. The van der Waals surface area contributed by atoms with Crippen LogP contribution in [-0.2, 0) is 6.54 Å². The molecule has 0 amide bonds. The zero-order valence-electron chi connectivity index (χ0n) is 16.3. The fraction of sp³-hybridized carbons (Fsp3) is 0.476. The van der Waals surface area contributed by atoms with Crippen molar-refractivity contribution in [2.24, 2.45) is 0 Å². The molecule has 0 aliphatic heterocycles. The SMILES string of the molecule is CCN(CCC#N)c1ccc(CNC[C@@H](c2ccco2)N(C)C)c(C)c1. The molecule has 0 saturated heterocycles. The maximum atomic E-state index is 8.81. The van der Waals surface area contributed by atoms with E-state index in [2.05, 4.69) is 67.3 Å². The first-order valence-electron chi connectivity index (χ1n) is 9.18. The average molecular weight is 354 g/mol. The molecule has 0 saturated carbocycles. The van der Waals surface area contributed by atoms with E-state index in [0.717, 1.165) is 31.9 Å². The van der Waals surface area contributed by atoms with Gasteiger partial charge in [0.05, 0.1) is 24.8 Å². The van der Waals surface area contributed by atoms with Gasteiger partial charge in [-0.2, -0.15) is 5.26 Å². The third-order valence-corrected chi connectivity index (χ3v) is 4.71. The molecule has 1 atom stereocenters. The summed E-state index contributed by atoms with van der Waals surface area (Å²) < 4.78 is 5.56. The lowest BCUT2D eigenvalue weighted by Gasteiger charge is -2.24. The van der Waals surface area contributed by atoms with Gasteiger partial charge < -0.3 is 14.6 Å². The van der Waals surface area contributed by atoms with Crippen molar-refractivity contribution in [3.63, 3.8) is 0 Å². The van der Waals surface area contributed by atoms with Gasteiger partial charge in [0.25, 0.3) is 0 Å². The molecule has 140 valence electrons. The third-order valence-electron chi connectivity index (χ3n) is 4.71. The average Bonchev–Trinajstić information content (AvgIpc) is 3.14. The van der Waals surface area contributed by atoms with Crippen LogP contribution in [0.1, 0.15) is 36.3 Å². The second-order valence-corrected chi connectivity index (χ2v) is 6.72. The van der Waals surface area contributed by atoms with Gasteiger partial charge in [-0.25, -0.2) is 0 Å². The number of nitrogens with zero attached hydrogens (tertiary/aromatic N) is 3. The minimum absolute atomic E-state index is 0.214. The van der Waals surface area contributed by atoms with Crippen LogP contribution in [-0.4, -0.2) is 38.6 Å². The molecule has 1 aromatic heterocycles. The molecule has 0 spiro atoms. The van der Waals surface area contributed by atoms with Crippen molar-refractivity contribution in [1.29, 1.82) is 5.26 Å². The smallest absolute Gasteiger partial charge is 0.122 e. The van der Waals surface area contributed by atoms with E-state index >= 15 is 0 Å². The lowest BCUT2D eigenvalue weighted by molar-refractivity contribution is 0.250. The number of hydrogen-bond acceptors (Lipinski definition) is 5. The molecular weight excluding hydrogens is 324 g/mol. The summed E-state index contributed by atoms with van der Waals surface area (Å²) in [5.41, 5.74) is 3.75. The summed E-state index contributed by atoms with van der Waals surface area (Å²) in [7, 11) is 4.13. The highest BCUT2D eigenvalue weighted by Gasteiger charge is 2.16. The normalized spacial score (nSPS) is 12.2. The van der Waals surface area contributed by atoms with E-state index in [0.29, 0.717) is 6.42 Å². The van der Waals surface area contributed by atoms with Crippen molar-refractivity contribution in [2.75, 3.05) is 38.6 Å². The molecule has 26 heavy (non-hydrogen) atoms. The van der Waals surface area contributed by atoms with Crippen molar-refractivity contribution in [3.8, 4) is 6.07 Å². The number of rotatable bonds is 10. The van der Waals surface area contributed by atoms with Gasteiger partial charge in [-0.15, -0.1) is 0 Å². The van der Waals surface area contributed by atoms with Crippen LogP contribution in [0.25, 0.3) is 0 Å². The van der Waals surface area contributed by atoms with Crippen LogP contribution in [0.15, 0.2) is 41.0 Å². The molecule has 0 radical (unpaired) electrons. The molecule has 2 aromatic rings. The Morgan fingerprint density at radius 1 is 1.27 bits per heavy atom. The Morgan fingerprint density at radius 2 is 2.08 bits per heavy atom. The Labute approximate surface area is 157 Å². The van der Waals surface area contributed by atoms with Gasteiger partial charge in [-0.3, -0.25) is 4.90 Å². The number of nitrogens with one attached hydrogen (secondary N) is 1. The number of anilines is 1. The van der Waals surface area contributed by atoms with Crippen LogP contribution in [0.5, 0.6) is 0 Å². The molecule has 0 aliphatic carbocycles. The monoisotopic (exact) mass is 354 g/mol. The minimum atomic E-state index is 0.214. The molecule has 0 fully saturated rings. The zero-order chi connectivity index (χ0) is 18.9. The number of likely N-dealkylation sites (N-methyl/N-ethyl adjacent to an activating group) is 1. The van der Waals surface area contributed by atoms with Gasteiger partial charge in [-0.05, 0) is 63.3 Å². The van der Waals surface area contributed by atoms with E-state index in [-0.39, 0.29) is 6.04 Å². The van der Waals surface area contributed by atoms with Gasteiger partial charge in [0.1, 0.15) is 5.76 Å². The van der Waals surface area contributed by atoms with Gasteiger partial charge in [0.15, 0.2) is 0 Å². The van der Waals surface area contributed by atoms with Crippen LogP contribution in [0.3, 0.4) is 0 Å². The van der Waals surface area contributed by atoms with Crippen molar-refractivity contribution in [2.45, 2.75) is 32.9 Å². The zero-order valence-corrected chi connectivity index (χ0v) is 16.3.